The third-order valence-electron chi connectivity index (χ3n) is 4.53. The molecule has 0 atom stereocenters. The van der Waals surface area contributed by atoms with Crippen LogP contribution in [0.5, 0.6) is 0 Å². The molecule has 2 aromatic heterocycles. The van der Waals surface area contributed by atoms with Crippen LogP contribution in [0.25, 0.3) is 5.65 Å². The van der Waals surface area contributed by atoms with Gasteiger partial charge in [-0.1, -0.05) is 18.2 Å². The maximum absolute atomic E-state index is 12.8. The van der Waals surface area contributed by atoms with Crippen molar-refractivity contribution in [1.82, 2.24) is 24.5 Å². The van der Waals surface area contributed by atoms with Gasteiger partial charge in [-0.25, -0.2) is 4.98 Å². The van der Waals surface area contributed by atoms with Crippen LogP contribution in [0.15, 0.2) is 43.0 Å². The van der Waals surface area contributed by atoms with Crippen LogP contribution in [-0.2, 0) is 12.7 Å². The molecule has 4 rings (SSSR count). The third kappa shape index (κ3) is 3.34. The van der Waals surface area contributed by atoms with E-state index in [2.05, 4.69) is 25.0 Å². The zero-order chi connectivity index (χ0) is 18.1. The zero-order valence-corrected chi connectivity index (χ0v) is 13.9. The van der Waals surface area contributed by atoms with E-state index >= 15 is 0 Å². The van der Waals surface area contributed by atoms with Crippen LogP contribution in [-0.4, -0.2) is 50.7 Å². The fraction of sp³-hybridized carbons (Fsp3) is 0.353. The molecule has 26 heavy (non-hydrogen) atoms. The van der Waals surface area contributed by atoms with Crippen molar-refractivity contribution in [3.05, 3.63) is 54.1 Å². The standard InChI is InChI=1S/C17H17F3N6/c18-17(19,20)14-3-1-2-13(10-14)11-24-6-8-25(9-7-24)15-16-23-22-12-26(16)5-4-21-15/h1-5,10,12H,6-9,11H2. The number of aromatic nitrogens is 4. The second kappa shape index (κ2) is 6.56. The number of benzene rings is 1. The summed E-state index contributed by atoms with van der Waals surface area (Å²) in [4.78, 5) is 8.69. The summed E-state index contributed by atoms with van der Waals surface area (Å²) in [5.74, 6) is 0.781. The first-order chi connectivity index (χ1) is 12.5. The Bertz CT molecular complexity index is 899. The van der Waals surface area contributed by atoms with Crippen LogP contribution < -0.4 is 4.90 Å². The molecule has 0 aliphatic carbocycles. The van der Waals surface area contributed by atoms with Crippen molar-refractivity contribution in [2.45, 2.75) is 12.7 Å². The molecule has 0 spiro atoms. The van der Waals surface area contributed by atoms with Gasteiger partial charge in [-0.3, -0.25) is 9.30 Å². The third-order valence-corrected chi connectivity index (χ3v) is 4.53. The first kappa shape index (κ1) is 16.8. The first-order valence-electron chi connectivity index (χ1n) is 8.28. The van der Waals surface area contributed by atoms with Crippen LogP contribution in [0.4, 0.5) is 19.0 Å². The van der Waals surface area contributed by atoms with Gasteiger partial charge in [-0.2, -0.15) is 13.2 Å². The zero-order valence-electron chi connectivity index (χ0n) is 13.9. The second-order valence-electron chi connectivity index (χ2n) is 6.27. The Kier molecular flexibility index (Phi) is 4.23. The van der Waals surface area contributed by atoms with Gasteiger partial charge in [0.2, 0.25) is 5.65 Å². The van der Waals surface area contributed by atoms with E-state index in [0.717, 1.165) is 38.1 Å². The van der Waals surface area contributed by atoms with Gasteiger partial charge >= 0.3 is 6.18 Å². The molecule has 9 heteroatoms. The van der Waals surface area contributed by atoms with Gasteiger partial charge in [0.25, 0.3) is 0 Å². The summed E-state index contributed by atoms with van der Waals surface area (Å²) in [7, 11) is 0. The minimum atomic E-state index is -4.31. The normalized spacial score (nSPS) is 16.3. The van der Waals surface area contributed by atoms with Crippen LogP contribution >= 0.6 is 0 Å². The van der Waals surface area contributed by atoms with Crippen molar-refractivity contribution < 1.29 is 13.2 Å². The summed E-state index contributed by atoms with van der Waals surface area (Å²) < 4.78 is 40.4. The number of rotatable bonds is 3. The van der Waals surface area contributed by atoms with Crippen molar-refractivity contribution in [2.75, 3.05) is 31.1 Å². The highest BCUT2D eigenvalue weighted by molar-refractivity contribution is 5.63. The quantitative estimate of drug-likeness (QED) is 0.716. The van der Waals surface area contributed by atoms with Crippen molar-refractivity contribution in [2.24, 2.45) is 0 Å². The number of nitrogens with zero attached hydrogens (tertiary/aromatic N) is 6. The number of halogens is 3. The lowest BCUT2D eigenvalue weighted by Gasteiger charge is -2.35. The van der Waals surface area contributed by atoms with E-state index in [1.165, 1.54) is 12.1 Å². The highest BCUT2D eigenvalue weighted by Crippen LogP contribution is 2.30. The number of fused-ring (bicyclic) bond motifs is 1. The fourth-order valence-corrected chi connectivity index (χ4v) is 3.19. The van der Waals surface area contributed by atoms with Crippen molar-refractivity contribution in [1.29, 1.82) is 0 Å². The Morgan fingerprint density at radius 2 is 1.88 bits per heavy atom. The van der Waals surface area contributed by atoms with E-state index in [9.17, 15) is 13.2 Å². The number of hydrogen-bond donors (Lipinski definition) is 0. The van der Waals surface area contributed by atoms with E-state index in [4.69, 9.17) is 0 Å². The maximum Gasteiger partial charge on any atom is 0.416 e. The van der Waals surface area contributed by atoms with Crippen molar-refractivity contribution in [3.8, 4) is 0 Å². The Morgan fingerprint density at radius 3 is 2.65 bits per heavy atom. The molecular formula is C17H17F3N6. The molecule has 0 radical (unpaired) electrons. The molecule has 1 aromatic carbocycles. The van der Waals surface area contributed by atoms with Gasteiger partial charge in [0.05, 0.1) is 5.56 Å². The molecular weight excluding hydrogens is 345 g/mol. The molecule has 0 N–H and O–H groups in total. The Morgan fingerprint density at radius 1 is 1.08 bits per heavy atom. The SMILES string of the molecule is FC(F)(F)c1cccc(CN2CCN(c3nccn4cnnc34)CC2)c1. The molecule has 1 saturated heterocycles. The fourth-order valence-electron chi connectivity index (χ4n) is 3.19. The molecule has 0 amide bonds. The Hall–Kier alpha value is -2.68. The van der Waals surface area contributed by atoms with Gasteiger partial charge in [-0.15, -0.1) is 10.2 Å². The molecule has 0 bridgehead atoms. The lowest BCUT2D eigenvalue weighted by Crippen LogP contribution is -2.46. The van der Waals surface area contributed by atoms with Gasteiger partial charge in [-0.05, 0) is 11.6 Å². The van der Waals surface area contributed by atoms with Crippen LogP contribution in [0, 0.1) is 0 Å². The maximum atomic E-state index is 12.8. The minimum Gasteiger partial charge on any atom is -0.351 e. The number of anilines is 1. The lowest BCUT2D eigenvalue weighted by molar-refractivity contribution is -0.137. The van der Waals surface area contributed by atoms with E-state index < -0.39 is 11.7 Å². The topological polar surface area (TPSA) is 49.6 Å². The molecule has 3 heterocycles. The van der Waals surface area contributed by atoms with E-state index in [-0.39, 0.29) is 0 Å². The van der Waals surface area contributed by atoms with Gasteiger partial charge < -0.3 is 4.90 Å². The average molecular weight is 362 g/mol. The highest BCUT2D eigenvalue weighted by Gasteiger charge is 2.30. The Labute approximate surface area is 147 Å². The first-order valence-corrected chi connectivity index (χ1v) is 8.28. The van der Waals surface area contributed by atoms with E-state index in [0.29, 0.717) is 17.8 Å². The lowest BCUT2D eigenvalue weighted by atomic mass is 10.1. The number of hydrogen-bond acceptors (Lipinski definition) is 5. The highest BCUT2D eigenvalue weighted by atomic mass is 19.4. The molecule has 3 aromatic rings. The van der Waals surface area contributed by atoms with Crippen LogP contribution in [0.3, 0.4) is 0 Å². The van der Waals surface area contributed by atoms with E-state index in [1.54, 1.807) is 24.8 Å². The predicted octanol–water partition coefficient (Wildman–Crippen LogP) is 2.47. The van der Waals surface area contributed by atoms with Crippen LogP contribution in [0.1, 0.15) is 11.1 Å². The second-order valence-corrected chi connectivity index (χ2v) is 6.27. The summed E-state index contributed by atoms with van der Waals surface area (Å²) >= 11 is 0. The summed E-state index contributed by atoms with van der Waals surface area (Å²) in [6, 6.07) is 5.53. The summed E-state index contributed by atoms with van der Waals surface area (Å²) in [5, 5.41) is 8.00. The summed E-state index contributed by atoms with van der Waals surface area (Å²) in [6.45, 7) is 3.46. The number of piperazine rings is 1. The largest absolute Gasteiger partial charge is 0.416 e. The molecule has 6 nitrogen and oxygen atoms in total. The average Bonchev–Trinajstić information content (AvgIpc) is 3.11. The minimum absolute atomic E-state index is 0.500. The predicted molar refractivity (Wildman–Crippen MR) is 89.7 cm³/mol. The van der Waals surface area contributed by atoms with E-state index in [1.807, 2.05) is 4.40 Å². The smallest absolute Gasteiger partial charge is 0.351 e. The molecule has 1 aliphatic rings. The van der Waals surface area contributed by atoms with Crippen molar-refractivity contribution >= 4 is 11.5 Å². The van der Waals surface area contributed by atoms with Crippen molar-refractivity contribution in [3.63, 3.8) is 0 Å². The monoisotopic (exact) mass is 362 g/mol. The molecule has 1 fully saturated rings. The molecule has 1 aliphatic heterocycles. The number of alkyl halides is 3. The van der Waals surface area contributed by atoms with Crippen LogP contribution in [0.2, 0.25) is 0 Å². The van der Waals surface area contributed by atoms with Gasteiger partial charge in [0.1, 0.15) is 6.33 Å². The van der Waals surface area contributed by atoms with Gasteiger partial charge in [0, 0.05) is 45.1 Å². The summed E-state index contributed by atoms with van der Waals surface area (Å²) in [6.07, 6.45) is 0.825. The molecule has 136 valence electrons. The molecule has 0 unspecified atom stereocenters. The summed E-state index contributed by atoms with van der Waals surface area (Å²) in [5.41, 5.74) is 0.779. The Balaban J connectivity index is 1.42. The molecule has 0 saturated carbocycles. The van der Waals surface area contributed by atoms with Gasteiger partial charge in [0.15, 0.2) is 5.82 Å².